The molecule has 0 atom stereocenters. The summed E-state index contributed by atoms with van der Waals surface area (Å²) in [6.45, 7) is 3.37. The summed E-state index contributed by atoms with van der Waals surface area (Å²) in [5, 5.41) is 9.68. The molecule has 3 heterocycles. The van der Waals surface area contributed by atoms with E-state index >= 15 is 0 Å². The number of nitrogens with one attached hydrogen (secondary N) is 1. The minimum Gasteiger partial charge on any atom is -0.450 e. The van der Waals surface area contributed by atoms with Crippen LogP contribution in [-0.2, 0) is 4.74 Å². The lowest BCUT2D eigenvalue weighted by Crippen LogP contribution is -2.46. The third kappa shape index (κ3) is 3.93. The van der Waals surface area contributed by atoms with Gasteiger partial charge in [0.15, 0.2) is 0 Å². The average molecular weight is 365 g/mol. The summed E-state index contributed by atoms with van der Waals surface area (Å²) in [5.74, 6) is -0.151. The van der Waals surface area contributed by atoms with Gasteiger partial charge in [0, 0.05) is 35.5 Å². The molecule has 24 heavy (non-hydrogen) atoms. The predicted molar refractivity (Wildman–Crippen MR) is 94.5 cm³/mol. The number of carbonyl (C=O) groups excluding carboxylic acids is 2. The summed E-state index contributed by atoms with van der Waals surface area (Å²) >= 11 is 3.08. The molecule has 0 radical (unpaired) electrons. The average Bonchev–Trinajstić information content (AvgIpc) is 3.27. The number of thiazole rings is 1. The van der Waals surface area contributed by atoms with Crippen molar-refractivity contribution in [2.75, 3.05) is 19.7 Å². The van der Waals surface area contributed by atoms with E-state index in [1.54, 1.807) is 28.5 Å². The van der Waals surface area contributed by atoms with E-state index < -0.39 is 0 Å². The molecule has 2 aromatic rings. The van der Waals surface area contributed by atoms with E-state index in [0.29, 0.717) is 25.4 Å². The number of rotatable bonds is 4. The maximum atomic E-state index is 12.3. The van der Waals surface area contributed by atoms with E-state index in [1.165, 1.54) is 11.3 Å². The van der Waals surface area contributed by atoms with Gasteiger partial charge >= 0.3 is 6.09 Å². The van der Waals surface area contributed by atoms with Crippen molar-refractivity contribution in [1.82, 2.24) is 15.2 Å². The second-order valence-electron chi connectivity index (χ2n) is 5.48. The summed E-state index contributed by atoms with van der Waals surface area (Å²) in [6, 6.07) is 2.06. The van der Waals surface area contributed by atoms with E-state index in [0.717, 1.165) is 23.4 Å². The predicted octanol–water partition coefficient (Wildman–Crippen LogP) is 3.22. The molecule has 2 amide bonds. The molecule has 0 unspecified atom stereocenters. The van der Waals surface area contributed by atoms with Crippen LogP contribution in [0.4, 0.5) is 4.79 Å². The van der Waals surface area contributed by atoms with Crippen LogP contribution in [0.25, 0.3) is 10.6 Å². The van der Waals surface area contributed by atoms with Gasteiger partial charge in [-0.3, -0.25) is 4.79 Å². The number of hydrogen-bond acceptors (Lipinski definition) is 6. The van der Waals surface area contributed by atoms with Crippen LogP contribution in [0.2, 0.25) is 0 Å². The second-order valence-corrected chi connectivity index (χ2v) is 7.12. The van der Waals surface area contributed by atoms with Gasteiger partial charge in [-0.05, 0) is 31.2 Å². The van der Waals surface area contributed by atoms with E-state index in [9.17, 15) is 9.59 Å². The number of aromatic nitrogens is 1. The van der Waals surface area contributed by atoms with Crippen LogP contribution < -0.4 is 5.32 Å². The third-order valence-corrected chi connectivity index (χ3v) is 5.44. The number of piperidine rings is 1. The molecule has 0 aromatic carbocycles. The van der Waals surface area contributed by atoms with Crippen LogP contribution in [0.15, 0.2) is 22.2 Å². The minimum absolute atomic E-state index is 0.0643. The molecule has 2 aromatic heterocycles. The Morgan fingerprint density at radius 1 is 1.38 bits per heavy atom. The first kappa shape index (κ1) is 16.9. The molecular formula is C16H19N3O3S2. The molecule has 3 rings (SSSR count). The number of ether oxygens (including phenoxy) is 1. The lowest BCUT2D eigenvalue weighted by Gasteiger charge is -2.31. The van der Waals surface area contributed by atoms with Crippen molar-refractivity contribution in [2.45, 2.75) is 25.8 Å². The normalized spacial score (nSPS) is 15.3. The standard InChI is InChI=1S/C16H19N3O3S2/c1-2-22-16(21)19-6-3-12(4-7-19)17-14(20)13-10-24-15(18-13)11-5-8-23-9-11/h5,8-10,12H,2-4,6-7H2,1H3,(H,17,20). The fourth-order valence-electron chi connectivity index (χ4n) is 2.58. The van der Waals surface area contributed by atoms with E-state index in [-0.39, 0.29) is 18.0 Å². The van der Waals surface area contributed by atoms with Crippen LogP contribution in [0.5, 0.6) is 0 Å². The molecule has 0 bridgehead atoms. The van der Waals surface area contributed by atoms with Crippen molar-refractivity contribution in [3.63, 3.8) is 0 Å². The lowest BCUT2D eigenvalue weighted by atomic mass is 10.1. The highest BCUT2D eigenvalue weighted by molar-refractivity contribution is 7.14. The molecule has 0 saturated carbocycles. The minimum atomic E-state index is -0.276. The Labute approximate surface area is 148 Å². The zero-order chi connectivity index (χ0) is 16.9. The first-order valence-electron chi connectivity index (χ1n) is 7.88. The Morgan fingerprint density at radius 2 is 2.17 bits per heavy atom. The van der Waals surface area contributed by atoms with Gasteiger partial charge in [0.1, 0.15) is 10.7 Å². The summed E-state index contributed by atoms with van der Waals surface area (Å²) in [6.07, 6.45) is 1.18. The maximum Gasteiger partial charge on any atom is 0.409 e. The van der Waals surface area contributed by atoms with E-state index in [2.05, 4.69) is 10.3 Å². The van der Waals surface area contributed by atoms with Gasteiger partial charge in [-0.1, -0.05) is 0 Å². The van der Waals surface area contributed by atoms with Crippen molar-refractivity contribution in [1.29, 1.82) is 0 Å². The molecule has 8 heteroatoms. The molecule has 1 saturated heterocycles. The van der Waals surface area contributed by atoms with Gasteiger partial charge in [0.05, 0.1) is 6.61 Å². The van der Waals surface area contributed by atoms with Gasteiger partial charge < -0.3 is 15.0 Å². The van der Waals surface area contributed by atoms with Crippen LogP contribution >= 0.6 is 22.7 Å². The summed E-state index contributed by atoms with van der Waals surface area (Å²) in [4.78, 5) is 30.1. The molecule has 1 N–H and O–H groups in total. The van der Waals surface area contributed by atoms with Crippen molar-refractivity contribution in [2.24, 2.45) is 0 Å². The summed E-state index contributed by atoms with van der Waals surface area (Å²) in [7, 11) is 0. The van der Waals surface area contributed by atoms with Gasteiger partial charge in [0.2, 0.25) is 0 Å². The number of carbonyl (C=O) groups is 2. The highest BCUT2D eigenvalue weighted by Crippen LogP contribution is 2.25. The van der Waals surface area contributed by atoms with Crippen molar-refractivity contribution < 1.29 is 14.3 Å². The number of nitrogens with zero attached hydrogens (tertiary/aromatic N) is 2. The largest absolute Gasteiger partial charge is 0.450 e. The van der Waals surface area contributed by atoms with Gasteiger partial charge in [0.25, 0.3) is 5.91 Å². The first-order valence-corrected chi connectivity index (χ1v) is 9.70. The van der Waals surface area contributed by atoms with E-state index in [1.807, 2.05) is 16.8 Å². The number of hydrogen-bond donors (Lipinski definition) is 1. The van der Waals surface area contributed by atoms with E-state index in [4.69, 9.17) is 4.74 Å². The zero-order valence-electron chi connectivity index (χ0n) is 13.4. The Kier molecular flexibility index (Phi) is 5.47. The molecule has 0 aliphatic carbocycles. The number of likely N-dealkylation sites (tertiary alicyclic amines) is 1. The lowest BCUT2D eigenvalue weighted by molar-refractivity contribution is 0.0857. The zero-order valence-corrected chi connectivity index (χ0v) is 15.0. The second kappa shape index (κ2) is 7.76. The van der Waals surface area contributed by atoms with Crippen molar-refractivity contribution in [3.8, 4) is 10.6 Å². The monoisotopic (exact) mass is 365 g/mol. The van der Waals surface area contributed by atoms with Crippen LogP contribution in [0.1, 0.15) is 30.3 Å². The molecule has 1 aliphatic rings. The fraction of sp³-hybridized carbons (Fsp3) is 0.438. The van der Waals surface area contributed by atoms with Gasteiger partial charge in [-0.15, -0.1) is 11.3 Å². The molecule has 1 aliphatic heterocycles. The Hall–Kier alpha value is -1.93. The maximum absolute atomic E-state index is 12.3. The quantitative estimate of drug-likeness (QED) is 0.903. The molecular weight excluding hydrogens is 346 g/mol. The molecule has 128 valence electrons. The number of amides is 2. The Balaban J connectivity index is 1.52. The van der Waals surface area contributed by atoms with Gasteiger partial charge in [-0.25, -0.2) is 9.78 Å². The molecule has 0 spiro atoms. The number of thiophene rings is 1. The summed E-state index contributed by atoms with van der Waals surface area (Å²) in [5.41, 5.74) is 1.50. The van der Waals surface area contributed by atoms with Crippen LogP contribution in [0.3, 0.4) is 0 Å². The van der Waals surface area contributed by atoms with Crippen LogP contribution in [-0.4, -0.2) is 47.6 Å². The smallest absolute Gasteiger partial charge is 0.409 e. The van der Waals surface area contributed by atoms with Crippen LogP contribution in [0, 0.1) is 0 Å². The van der Waals surface area contributed by atoms with Gasteiger partial charge in [-0.2, -0.15) is 11.3 Å². The van der Waals surface area contributed by atoms with Crippen molar-refractivity contribution in [3.05, 3.63) is 27.9 Å². The molecule has 6 nitrogen and oxygen atoms in total. The van der Waals surface area contributed by atoms with Crippen molar-refractivity contribution >= 4 is 34.7 Å². The topological polar surface area (TPSA) is 71.5 Å². The summed E-state index contributed by atoms with van der Waals surface area (Å²) < 4.78 is 5.00. The first-order chi connectivity index (χ1) is 11.7. The molecule has 1 fully saturated rings. The Bertz CT molecular complexity index is 691. The fourth-order valence-corrected chi connectivity index (χ4v) is 4.09. The Morgan fingerprint density at radius 3 is 2.83 bits per heavy atom. The highest BCUT2D eigenvalue weighted by atomic mass is 32.1. The highest BCUT2D eigenvalue weighted by Gasteiger charge is 2.25. The third-order valence-electron chi connectivity index (χ3n) is 3.86. The SMILES string of the molecule is CCOC(=O)N1CCC(NC(=O)c2csc(-c3ccsc3)n2)CC1.